The summed E-state index contributed by atoms with van der Waals surface area (Å²) >= 11 is 0. The Bertz CT molecular complexity index is 547. The molecule has 1 N–H and O–H groups in total. The number of hydrogen-bond donors (Lipinski definition) is 1. The molecule has 1 saturated heterocycles. The maximum atomic E-state index is 11.8. The van der Waals surface area contributed by atoms with Crippen LogP contribution in [0.5, 0.6) is 0 Å². The molecule has 2 rings (SSSR count). The van der Waals surface area contributed by atoms with Gasteiger partial charge < -0.3 is 14.8 Å². The lowest BCUT2D eigenvalue weighted by molar-refractivity contribution is -0.130. The van der Waals surface area contributed by atoms with Crippen LogP contribution in [0.1, 0.15) is 25.7 Å². The van der Waals surface area contributed by atoms with Gasteiger partial charge in [-0.05, 0) is 18.9 Å². The van der Waals surface area contributed by atoms with Crippen LogP contribution in [0.15, 0.2) is 29.2 Å². The molecule has 0 spiro atoms. The first kappa shape index (κ1) is 15.3. The van der Waals surface area contributed by atoms with Gasteiger partial charge in [0.2, 0.25) is 11.8 Å². The van der Waals surface area contributed by atoms with Gasteiger partial charge in [0.15, 0.2) is 0 Å². The van der Waals surface area contributed by atoms with Gasteiger partial charge in [-0.3, -0.25) is 14.4 Å². The summed E-state index contributed by atoms with van der Waals surface area (Å²) in [5.41, 5.74) is -0.116. The molecule has 1 aliphatic heterocycles. The number of aryl methyl sites for hydroxylation is 1. The van der Waals surface area contributed by atoms with Crippen molar-refractivity contribution in [1.82, 2.24) is 14.8 Å². The summed E-state index contributed by atoms with van der Waals surface area (Å²) in [5.74, 6) is -0.0351. The summed E-state index contributed by atoms with van der Waals surface area (Å²) in [6.07, 6.45) is 4.39. The van der Waals surface area contributed by atoms with Crippen molar-refractivity contribution in [2.75, 3.05) is 19.6 Å². The fourth-order valence-corrected chi connectivity index (χ4v) is 2.39. The lowest BCUT2D eigenvalue weighted by Crippen LogP contribution is -2.33. The van der Waals surface area contributed by atoms with Crippen molar-refractivity contribution in [3.63, 3.8) is 0 Å². The number of nitrogens with one attached hydrogen (secondary N) is 1. The number of pyridine rings is 1. The highest BCUT2D eigenvalue weighted by atomic mass is 16.2. The molecule has 0 saturated carbocycles. The Labute approximate surface area is 123 Å². The lowest BCUT2D eigenvalue weighted by atomic mass is 10.3. The van der Waals surface area contributed by atoms with E-state index in [-0.39, 0.29) is 23.8 Å². The van der Waals surface area contributed by atoms with E-state index in [2.05, 4.69) is 5.32 Å². The topological polar surface area (TPSA) is 71.4 Å². The molecule has 0 atom stereocenters. The molecule has 1 fully saturated rings. The second kappa shape index (κ2) is 7.61. The van der Waals surface area contributed by atoms with E-state index in [0.29, 0.717) is 19.5 Å². The molecule has 1 aliphatic rings. The van der Waals surface area contributed by atoms with Gasteiger partial charge in [0.25, 0.3) is 5.56 Å². The fourth-order valence-electron chi connectivity index (χ4n) is 2.39. The average molecular weight is 291 g/mol. The molecule has 1 aromatic heterocycles. The van der Waals surface area contributed by atoms with Crippen LogP contribution in [0.2, 0.25) is 0 Å². The first-order valence-corrected chi connectivity index (χ1v) is 7.37. The van der Waals surface area contributed by atoms with Crippen molar-refractivity contribution in [1.29, 1.82) is 0 Å². The van der Waals surface area contributed by atoms with E-state index >= 15 is 0 Å². The zero-order valence-electron chi connectivity index (χ0n) is 12.1. The minimum atomic E-state index is -0.139. The molecule has 114 valence electrons. The highest BCUT2D eigenvalue weighted by molar-refractivity contribution is 5.79. The number of carbonyl (C=O) groups excluding carboxylic acids is 2. The molecule has 21 heavy (non-hydrogen) atoms. The van der Waals surface area contributed by atoms with Crippen LogP contribution < -0.4 is 10.9 Å². The maximum Gasteiger partial charge on any atom is 0.250 e. The number of nitrogens with zero attached hydrogens (tertiary/aromatic N) is 2. The molecule has 1 aromatic rings. The SMILES string of the molecule is O=C(CCn1ccccc1=O)NCCC(=O)N1CCCC1. The number of rotatable bonds is 6. The van der Waals surface area contributed by atoms with Crippen molar-refractivity contribution in [2.45, 2.75) is 32.2 Å². The van der Waals surface area contributed by atoms with Crippen LogP contribution >= 0.6 is 0 Å². The van der Waals surface area contributed by atoms with Crippen molar-refractivity contribution in [3.05, 3.63) is 34.7 Å². The first-order valence-electron chi connectivity index (χ1n) is 7.37. The smallest absolute Gasteiger partial charge is 0.250 e. The van der Waals surface area contributed by atoms with Gasteiger partial charge in [-0.1, -0.05) is 6.07 Å². The monoisotopic (exact) mass is 291 g/mol. The number of carbonyl (C=O) groups is 2. The third-order valence-electron chi connectivity index (χ3n) is 3.60. The van der Waals surface area contributed by atoms with Crippen LogP contribution in [0, 0.1) is 0 Å². The van der Waals surface area contributed by atoms with E-state index in [1.807, 2.05) is 4.90 Å². The lowest BCUT2D eigenvalue weighted by Gasteiger charge is -2.15. The van der Waals surface area contributed by atoms with Gasteiger partial charge in [-0.15, -0.1) is 0 Å². The molecule has 6 heteroatoms. The van der Waals surface area contributed by atoms with Gasteiger partial charge in [-0.25, -0.2) is 0 Å². The van der Waals surface area contributed by atoms with Crippen LogP contribution in [-0.2, 0) is 16.1 Å². The Morgan fingerprint density at radius 3 is 2.62 bits per heavy atom. The summed E-state index contributed by atoms with van der Waals surface area (Å²) < 4.78 is 1.50. The number of amides is 2. The molecular weight excluding hydrogens is 270 g/mol. The van der Waals surface area contributed by atoms with E-state index in [9.17, 15) is 14.4 Å². The highest BCUT2D eigenvalue weighted by Gasteiger charge is 2.17. The number of hydrogen-bond acceptors (Lipinski definition) is 3. The molecule has 0 unspecified atom stereocenters. The van der Waals surface area contributed by atoms with Gasteiger partial charge in [0, 0.05) is 51.3 Å². The average Bonchev–Trinajstić information content (AvgIpc) is 3.00. The Morgan fingerprint density at radius 1 is 1.14 bits per heavy atom. The molecular formula is C15H21N3O3. The van der Waals surface area contributed by atoms with Crippen molar-refractivity contribution >= 4 is 11.8 Å². The van der Waals surface area contributed by atoms with E-state index in [1.165, 1.54) is 10.6 Å². The Kier molecular flexibility index (Phi) is 5.54. The van der Waals surface area contributed by atoms with Crippen molar-refractivity contribution in [3.8, 4) is 0 Å². The van der Waals surface area contributed by atoms with E-state index in [1.54, 1.807) is 18.3 Å². The number of aromatic nitrogens is 1. The summed E-state index contributed by atoms with van der Waals surface area (Å²) in [6.45, 7) is 2.39. The summed E-state index contributed by atoms with van der Waals surface area (Å²) in [4.78, 5) is 36.8. The molecule has 2 amide bonds. The van der Waals surface area contributed by atoms with Crippen molar-refractivity contribution < 1.29 is 9.59 Å². The van der Waals surface area contributed by atoms with Crippen LogP contribution in [-0.4, -0.2) is 40.9 Å². The summed E-state index contributed by atoms with van der Waals surface area (Å²) in [6, 6.07) is 4.89. The van der Waals surface area contributed by atoms with Gasteiger partial charge in [0.05, 0.1) is 0 Å². The second-order valence-electron chi connectivity index (χ2n) is 5.17. The fraction of sp³-hybridized carbons (Fsp3) is 0.533. The predicted molar refractivity (Wildman–Crippen MR) is 78.8 cm³/mol. The van der Waals surface area contributed by atoms with Crippen LogP contribution in [0.3, 0.4) is 0 Å². The molecule has 0 bridgehead atoms. The highest BCUT2D eigenvalue weighted by Crippen LogP contribution is 2.08. The summed E-state index contributed by atoms with van der Waals surface area (Å²) in [7, 11) is 0. The van der Waals surface area contributed by atoms with E-state index < -0.39 is 0 Å². The molecule has 0 aromatic carbocycles. The maximum absolute atomic E-state index is 11.8. The van der Waals surface area contributed by atoms with Gasteiger partial charge >= 0.3 is 0 Å². The first-order chi connectivity index (χ1) is 10.2. The van der Waals surface area contributed by atoms with Gasteiger partial charge in [0.1, 0.15) is 0 Å². The quantitative estimate of drug-likeness (QED) is 0.823. The molecule has 6 nitrogen and oxygen atoms in total. The van der Waals surface area contributed by atoms with E-state index in [4.69, 9.17) is 0 Å². The van der Waals surface area contributed by atoms with Crippen LogP contribution in [0.4, 0.5) is 0 Å². The molecule has 0 aliphatic carbocycles. The second-order valence-corrected chi connectivity index (χ2v) is 5.17. The molecule has 2 heterocycles. The Morgan fingerprint density at radius 2 is 1.90 bits per heavy atom. The van der Waals surface area contributed by atoms with Gasteiger partial charge in [-0.2, -0.15) is 0 Å². The molecule has 0 radical (unpaired) electrons. The van der Waals surface area contributed by atoms with Crippen LogP contribution in [0.25, 0.3) is 0 Å². The predicted octanol–water partition coefficient (Wildman–Crippen LogP) is 0.367. The third kappa shape index (κ3) is 4.73. The Balaban J connectivity index is 1.64. The minimum Gasteiger partial charge on any atom is -0.356 e. The van der Waals surface area contributed by atoms with E-state index in [0.717, 1.165) is 25.9 Å². The third-order valence-corrected chi connectivity index (χ3v) is 3.60. The number of likely N-dealkylation sites (tertiary alicyclic amines) is 1. The zero-order valence-corrected chi connectivity index (χ0v) is 12.1. The van der Waals surface area contributed by atoms with Crippen molar-refractivity contribution in [2.24, 2.45) is 0 Å². The largest absolute Gasteiger partial charge is 0.356 e. The summed E-state index contributed by atoms with van der Waals surface area (Å²) in [5, 5.41) is 2.72. The minimum absolute atomic E-state index is 0.104. The standard InChI is InChI=1S/C15H21N3O3/c19-13(7-12-18-9-2-1-5-14(18)20)16-8-6-15(21)17-10-3-4-11-17/h1-2,5,9H,3-4,6-8,10-12H2,(H,16,19). The zero-order chi connectivity index (χ0) is 15.1. The normalized spacial score (nSPS) is 14.2. The Hall–Kier alpha value is -2.11.